The lowest BCUT2D eigenvalue weighted by atomic mass is 9.92. The van der Waals surface area contributed by atoms with Crippen molar-refractivity contribution < 1.29 is 8.42 Å². The molecule has 1 aromatic rings. The number of sulfonamides is 1. The van der Waals surface area contributed by atoms with E-state index in [0.717, 1.165) is 25.7 Å². The largest absolute Gasteiger partial charge is 0.366 e. The Labute approximate surface area is 128 Å². The molecule has 0 unspecified atom stereocenters. The van der Waals surface area contributed by atoms with E-state index in [1.165, 1.54) is 12.5 Å². The second kappa shape index (κ2) is 6.43. The van der Waals surface area contributed by atoms with Gasteiger partial charge in [-0.2, -0.15) is 4.98 Å². The number of rotatable bonds is 4. The third-order valence-corrected chi connectivity index (χ3v) is 4.38. The smallest absolute Gasteiger partial charge is 0.224 e. The minimum absolute atomic E-state index is 0.00695. The van der Waals surface area contributed by atoms with E-state index < -0.39 is 10.0 Å². The molecule has 1 heterocycles. The van der Waals surface area contributed by atoms with Gasteiger partial charge in [-0.3, -0.25) is 0 Å². The molecule has 20 heavy (non-hydrogen) atoms. The van der Waals surface area contributed by atoms with Crippen molar-refractivity contribution in [1.82, 2.24) is 14.7 Å². The second-order valence-electron chi connectivity index (χ2n) is 4.92. The first-order valence-electron chi connectivity index (χ1n) is 6.25. The Bertz CT molecular complexity index is 574. The molecule has 2 rings (SSSR count). The van der Waals surface area contributed by atoms with Gasteiger partial charge in [0.15, 0.2) is 0 Å². The second-order valence-corrected chi connectivity index (χ2v) is 7.44. The molecule has 0 bridgehead atoms. The molecule has 1 saturated carbocycles. The van der Waals surface area contributed by atoms with Crippen molar-refractivity contribution in [3.05, 3.63) is 16.5 Å². The summed E-state index contributed by atoms with van der Waals surface area (Å²) in [5, 5.41) is 3.79. The SMILES string of the molecule is CS(=O)(=O)N[C@H]1CC[C@H](Nc2nc(Cl)ncc2Cl)CC1. The maximum atomic E-state index is 11.2. The number of nitrogens with zero attached hydrogens (tertiary/aromatic N) is 2. The number of nitrogens with one attached hydrogen (secondary N) is 2. The predicted octanol–water partition coefficient (Wildman–Crippen LogP) is 2.06. The lowest BCUT2D eigenvalue weighted by Gasteiger charge is -2.29. The highest BCUT2D eigenvalue weighted by atomic mass is 35.5. The van der Waals surface area contributed by atoms with Crippen LogP contribution in [0, 0.1) is 0 Å². The van der Waals surface area contributed by atoms with Crippen molar-refractivity contribution in [2.45, 2.75) is 37.8 Å². The zero-order valence-corrected chi connectivity index (χ0v) is 13.3. The van der Waals surface area contributed by atoms with E-state index in [-0.39, 0.29) is 17.4 Å². The first kappa shape index (κ1) is 15.8. The van der Waals surface area contributed by atoms with Gasteiger partial charge in [0.1, 0.15) is 10.8 Å². The fraction of sp³-hybridized carbons (Fsp3) is 0.636. The molecular weight excluding hydrogens is 323 g/mol. The zero-order chi connectivity index (χ0) is 14.8. The molecule has 0 aliphatic heterocycles. The van der Waals surface area contributed by atoms with E-state index >= 15 is 0 Å². The molecule has 2 N–H and O–H groups in total. The van der Waals surface area contributed by atoms with Crippen LogP contribution in [-0.2, 0) is 10.0 Å². The molecule has 112 valence electrons. The Balaban J connectivity index is 1.90. The van der Waals surface area contributed by atoms with Crippen molar-refractivity contribution in [2.75, 3.05) is 11.6 Å². The summed E-state index contributed by atoms with van der Waals surface area (Å²) in [7, 11) is -3.14. The van der Waals surface area contributed by atoms with Crippen LogP contribution in [0.4, 0.5) is 5.82 Å². The molecule has 0 amide bonds. The number of anilines is 1. The van der Waals surface area contributed by atoms with E-state index in [4.69, 9.17) is 23.2 Å². The summed E-state index contributed by atoms with van der Waals surface area (Å²) in [5.41, 5.74) is 0. The summed E-state index contributed by atoms with van der Waals surface area (Å²) in [6, 6.07) is 0.212. The normalized spacial score (nSPS) is 23.6. The van der Waals surface area contributed by atoms with Gasteiger partial charge in [-0.1, -0.05) is 11.6 Å². The van der Waals surface area contributed by atoms with E-state index in [2.05, 4.69) is 20.0 Å². The average molecular weight is 339 g/mol. The van der Waals surface area contributed by atoms with Crippen LogP contribution >= 0.6 is 23.2 Å². The van der Waals surface area contributed by atoms with E-state index in [1.54, 1.807) is 0 Å². The van der Waals surface area contributed by atoms with Crippen LogP contribution in [0.25, 0.3) is 0 Å². The maximum Gasteiger partial charge on any atom is 0.224 e. The van der Waals surface area contributed by atoms with E-state index in [9.17, 15) is 8.42 Å². The van der Waals surface area contributed by atoms with Gasteiger partial charge in [0.2, 0.25) is 15.3 Å². The van der Waals surface area contributed by atoms with Crippen LogP contribution in [0.1, 0.15) is 25.7 Å². The standard InChI is InChI=1S/C11H16Cl2N4O2S/c1-20(18,19)17-8-4-2-7(3-5-8)15-10-9(12)6-14-11(13)16-10/h6-8,17H,2-5H2,1H3,(H,14,15,16)/t7-,8-. The molecule has 1 aromatic heterocycles. The van der Waals surface area contributed by atoms with Crippen LogP contribution in [-0.4, -0.2) is 36.7 Å². The Hall–Kier alpha value is -0.630. The molecule has 0 spiro atoms. The molecule has 1 aliphatic carbocycles. The van der Waals surface area contributed by atoms with Gasteiger partial charge in [0, 0.05) is 12.1 Å². The van der Waals surface area contributed by atoms with Gasteiger partial charge in [-0.25, -0.2) is 18.1 Å². The molecular formula is C11H16Cl2N4O2S. The highest BCUT2D eigenvalue weighted by molar-refractivity contribution is 7.88. The van der Waals surface area contributed by atoms with Crippen molar-refractivity contribution in [3.8, 4) is 0 Å². The fourth-order valence-electron chi connectivity index (χ4n) is 2.30. The Kier molecular flexibility index (Phi) is 5.06. The summed E-state index contributed by atoms with van der Waals surface area (Å²) in [6.45, 7) is 0. The third kappa shape index (κ3) is 4.73. The van der Waals surface area contributed by atoms with Crippen molar-refractivity contribution >= 4 is 39.0 Å². The Morgan fingerprint density at radius 3 is 2.40 bits per heavy atom. The van der Waals surface area contributed by atoms with Crippen LogP contribution < -0.4 is 10.0 Å². The maximum absolute atomic E-state index is 11.2. The quantitative estimate of drug-likeness (QED) is 0.821. The summed E-state index contributed by atoms with van der Waals surface area (Å²) in [5.74, 6) is 0.520. The highest BCUT2D eigenvalue weighted by Crippen LogP contribution is 2.25. The third-order valence-electron chi connectivity index (χ3n) is 3.16. The fourth-order valence-corrected chi connectivity index (χ4v) is 3.42. The number of hydrogen-bond acceptors (Lipinski definition) is 5. The van der Waals surface area contributed by atoms with Gasteiger partial charge in [-0.05, 0) is 37.3 Å². The zero-order valence-electron chi connectivity index (χ0n) is 10.9. The monoisotopic (exact) mass is 338 g/mol. The van der Waals surface area contributed by atoms with E-state index in [1.807, 2.05) is 0 Å². The van der Waals surface area contributed by atoms with Crippen molar-refractivity contribution in [1.29, 1.82) is 0 Å². The first-order valence-corrected chi connectivity index (χ1v) is 8.90. The predicted molar refractivity (Wildman–Crippen MR) is 79.7 cm³/mol. The Morgan fingerprint density at radius 2 is 1.80 bits per heavy atom. The molecule has 1 aliphatic rings. The van der Waals surface area contributed by atoms with E-state index in [0.29, 0.717) is 10.8 Å². The number of halogens is 2. The minimum atomic E-state index is -3.14. The molecule has 1 fully saturated rings. The van der Waals surface area contributed by atoms with Crippen molar-refractivity contribution in [2.24, 2.45) is 0 Å². The molecule has 0 aromatic carbocycles. The lowest BCUT2D eigenvalue weighted by molar-refractivity contribution is 0.387. The molecule has 0 radical (unpaired) electrons. The van der Waals surface area contributed by atoms with Crippen LogP contribution in [0.15, 0.2) is 6.20 Å². The van der Waals surface area contributed by atoms with Gasteiger partial charge in [0.25, 0.3) is 0 Å². The first-order chi connectivity index (χ1) is 9.33. The lowest BCUT2D eigenvalue weighted by Crippen LogP contribution is -2.39. The van der Waals surface area contributed by atoms with Crippen LogP contribution in [0.5, 0.6) is 0 Å². The summed E-state index contributed by atoms with van der Waals surface area (Å²) in [6.07, 6.45) is 5.87. The summed E-state index contributed by atoms with van der Waals surface area (Å²) < 4.78 is 25.0. The Morgan fingerprint density at radius 1 is 1.20 bits per heavy atom. The number of aromatic nitrogens is 2. The number of hydrogen-bond donors (Lipinski definition) is 2. The van der Waals surface area contributed by atoms with Gasteiger partial charge < -0.3 is 5.32 Å². The average Bonchev–Trinajstić information content (AvgIpc) is 2.34. The van der Waals surface area contributed by atoms with Gasteiger partial charge >= 0.3 is 0 Å². The highest BCUT2D eigenvalue weighted by Gasteiger charge is 2.23. The summed E-state index contributed by atoms with van der Waals surface area (Å²) in [4.78, 5) is 7.84. The van der Waals surface area contributed by atoms with Crippen LogP contribution in [0.3, 0.4) is 0 Å². The molecule has 0 atom stereocenters. The molecule has 6 nitrogen and oxygen atoms in total. The minimum Gasteiger partial charge on any atom is -0.366 e. The van der Waals surface area contributed by atoms with Gasteiger partial charge in [0.05, 0.1) is 12.5 Å². The topological polar surface area (TPSA) is 84.0 Å². The molecule has 0 saturated heterocycles. The molecule has 9 heteroatoms. The van der Waals surface area contributed by atoms with Gasteiger partial charge in [-0.15, -0.1) is 0 Å². The van der Waals surface area contributed by atoms with Crippen molar-refractivity contribution in [3.63, 3.8) is 0 Å². The summed E-state index contributed by atoms with van der Waals surface area (Å²) >= 11 is 11.7. The van der Waals surface area contributed by atoms with Crippen LogP contribution in [0.2, 0.25) is 10.3 Å².